The minimum Gasteiger partial charge on any atom is -0.480 e. The van der Waals surface area contributed by atoms with E-state index in [2.05, 4.69) is 4.72 Å². The molecule has 0 aromatic carbocycles. The van der Waals surface area contributed by atoms with Gasteiger partial charge in [0.25, 0.3) is 0 Å². The summed E-state index contributed by atoms with van der Waals surface area (Å²) in [5, 5.41) is 9.01. The van der Waals surface area contributed by atoms with Gasteiger partial charge in [-0.3, -0.25) is 9.69 Å². The number of nitrogens with one attached hydrogen (secondary N) is 1. The van der Waals surface area contributed by atoms with E-state index in [4.69, 9.17) is 5.11 Å². The molecule has 0 unspecified atom stereocenters. The minimum atomic E-state index is -3.16. The molecule has 2 N–H and O–H groups in total. The molecule has 22 heavy (non-hydrogen) atoms. The number of carboxylic acid groups (broad SMARTS) is 1. The zero-order chi connectivity index (χ0) is 15.7. The van der Waals surface area contributed by atoms with Crippen molar-refractivity contribution in [2.24, 2.45) is 11.8 Å². The summed E-state index contributed by atoms with van der Waals surface area (Å²) >= 11 is 0. The molecule has 0 spiro atoms. The van der Waals surface area contributed by atoms with Crippen LogP contribution < -0.4 is 4.72 Å². The number of sulfonamides is 1. The molecule has 3 rings (SSSR count). The lowest BCUT2D eigenvalue weighted by molar-refractivity contribution is -0.139. The van der Waals surface area contributed by atoms with E-state index in [9.17, 15) is 13.2 Å². The molecule has 0 radical (unpaired) electrons. The van der Waals surface area contributed by atoms with Crippen LogP contribution in [0.2, 0.25) is 0 Å². The minimum absolute atomic E-state index is 0.00954. The van der Waals surface area contributed by atoms with Crippen LogP contribution in [0, 0.1) is 11.8 Å². The smallest absolute Gasteiger partial charge is 0.317 e. The zero-order valence-electron chi connectivity index (χ0n) is 12.9. The molecule has 6 nitrogen and oxygen atoms in total. The number of hydrogen-bond donors (Lipinski definition) is 2. The summed E-state index contributed by atoms with van der Waals surface area (Å²) in [5.41, 5.74) is 0. The van der Waals surface area contributed by atoms with Gasteiger partial charge >= 0.3 is 5.97 Å². The molecular formula is C15H26N2O4S. The van der Waals surface area contributed by atoms with Crippen molar-refractivity contribution >= 4 is 16.0 Å². The van der Waals surface area contributed by atoms with Crippen LogP contribution in [0.3, 0.4) is 0 Å². The number of carbonyl (C=O) groups is 1. The van der Waals surface area contributed by atoms with Crippen molar-refractivity contribution in [3.8, 4) is 0 Å². The van der Waals surface area contributed by atoms with Crippen LogP contribution in [0.4, 0.5) is 0 Å². The second kappa shape index (κ2) is 6.45. The van der Waals surface area contributed by atoms with E-state index in [0.29, 0.717) is 11.8 Å². The molecule has 3 aliphatic rings. The van der Waals surface area contributed by atoms with Gasteiger partial charge < -0.3 is 5.11 Å². The van der Waals surface area contributed by atoms with E-state index in [0.717, 1.165) is 25.8 Å². The molecule has 0 heterocycles. The fraction of sp³-hybridized carbons (Fsp3) is 0.933. The largest absolute Gasteiger partial charge is 0.480 e. The lowest BCUT2D eigenvalue weighted by Gasteiger charge is -2.42. The summed E-state index contributed by atoms with van der Waals surface area (Å²) in [5.74, 6) is 0.706. The highest BCUT2D eigenvalue weighted by molar-refractivity contribution is 7.89. The Morgan fingerprint density at radius 3 is 2.32 bits per heavy atom. The fourth-order valence-corrected chi connectivity index (χ4v) is 4.63. The van der Waals surface area contributed by atoms with Gasteiger partial charge in [-0.25, -0.2) is 13.1 Å². The summed E-state index contributed by atoms with van der Waals surface area (Å²) in [7, 11) is -3.16. The van der Waals surface area contributed by atoms with Crippen molar-refractivity contribution in [3.05, 3.63) is 0 Å². The van der Waals surface area contributed by atoms with Crippen molar-refractivity contribution in [1.82, 2.24) is 9.62 Å². The predicted octanol–water partition coefficient (Wildman–Crippen LogP) is 1.03. The van der Waals surface area contributed by atoms with Gasteiger partial charge in [0.2, 0.25) is 10.0 Å². The Labute approximate surface area is 132 Å². The Hall–Kier alpha value is -0.660. The van der Waals surface area contributed by atoms with Crippen molar-refractivity contribution in [2.45, 2.75) is 57.0 Å². The molecule has 0 saturated heterocycles. The zero-order valence-corrected chi connectivity index (χ0v) is 13.7. The SMILES string of the molecule is O=C(O)CN(CC1CC1)C1CC(NS(=O)(=O)CCC2CC2)C1. The van der Waals surface area contributed by atoms with Crippen LogP contribution in [0.25, 0.3) is 0 Å². The Balaban J connectivity index is 1.41. The van der Waals surface area contributed by atoms with E-state index < -0.39 is 16.0 Å². The van der Waals surface area contributed by atoms with Gasteiger partial charge in [-0.05, 0) is 43.9 Å². The van der Waals surface area contributed by atoms with Crippen LogP contribution in [0.15, 0.2) is 0 Å². The fourth-order valence-electron chi connectivity index (χ4n) is 3.17. The molecule has 3 fully saturated rings. The normalized spacial score (nSPS) is 28.6. The Morgan fingerprint density at radius 2 is 1.77 bits per heavy atom. The van der Waals surface area contributed by atoms with Gasteiger partial charge in [0, 0.05) is 18.6 Å². The molecule has 3 saturated carbocycles. The first kappa shape index (κ1) is 16.2. The maximum absolute atomic E-state index is 12.0. The van der Waals surface area contributed by atoms with Gasteiger partial charge in [0.05, 0.1) is 12.3 Å². The van der Waals surface area contributed by atoms with Crippen LogP contribution in [-0.2, 0) is 14.8 Å². The number of nitrogens with zero attached hydrogens (tertiary/aromatic N) is 1. The molecule has 0 aromatic rings. The first-order valence-electron chi connectivity index (χ1n) is 8.37. The number of carboxylic acids is 1. The van der Waals surface area contributed by atoms with Gasteiger partial charge in [-0.2, -0.15) is 0 Å². The van der Waals surface area contributed by atoms with E-state index in [1.54, 1.807) is 0 Å². The topological polar surface area (TPSA) is 86.7 Å². The lowest BCUT2D eigenvalue weighted by Crippen LogP contribution is -2.55. The number of rotatable bonds is 10. The Kier molecular flexibility index (Phi) is 4.75. The second-order valence-corrected chi connectivity index (χ2v) is 9.13. The first-order valence-corrected chi connectivity index (χ1v) is 10.0. The maximum atomic E-state index is 12.0. The predicted molar refractivity (Wildman–Crippen MR) is 83.0 cm³/mol. The summed E-state index contributed by atoms with van der Waals surface area (Å²) in [4.78, 5) is 13.0. The molecule has 0 atom stereocenters. The van der Waals surface area contributed by atoms with Crippen LogP contribution in [-0.4, -0.2) is 55.3 Å². The molecule has 0 bridgehead atoms. The molecule has 0 amide bonds. The average molecular weight is 330 g/mol. The van der Waals surface area contributed by atoms with E-state index in [1.165, 1.54) is 25.7 Å². The van der Waals surface area contributed by atoms with Crippen LogP contribution in [0.1, 0.15) is 44.9 Å². The summed E-state index contributed by atoms with van der Waals surface area (Å²) in [6.07, 6.45) is 6.99. The van der Waals surface area contributed by atoms with E-state index >= 15 is 0 Å². The second-order valence-electron chi connectivity index (χ2n) is 7.26. The Bertz CT molecular complexity index is 508. The monoisotopic (exact) mass is 330 g/mol. The van der Waals surface area contributed by atoms with Gasteiger partial charge in [-0.1, -0.05) is 12.8 Å². The van der Waals surface area contributed by atoms with E-state index in [-0.39, 0.29) is 24.4 Å². The van der Waals surface area contributed by atoms with Crippen LogP contribution in [0.5, 0.6) is 0 Å². The van der Waals surface area contributed by atoms with Crippen molar-refractivity contribution in [3.63, 3.8) is 0 Å². The molecule has 3 aliphatic carbocycles. The number of aliphatic carboxylic acids is 1. The van der Waals surface area contributed by atoms with Gasteiger partial charge in [-0.15, -0.1) is 0 Å². The third-order valence-electron chi connectivity index (χ3n) is 5.00. The van der Waals surface area contributed by atoms with Crippen LogP contribution >= 0.6 is 0 Å². The van der Waals surface area contributed by atoms with E-state index in [1.807, 2.05) is 4.90 Å². The summed E-state index contributed by atoms with van der Waals surface area (Å²) in [6, 6.07) is 0.206. The maximum Gasteiger partial charge on any atom is 0.317 e. The highest BCUT2D eigenvalue weighted by Gasteiger charge is 2.38. The van der Waals surface area contributed by atoms with Crippen molar-refractivity contribution in [1.29, 1.82) is 0 Å². The average Bonchev–Trinajstić information content (AvgIpc) is 3.22. The Morgan fingerprint density at radius 1 is 1.14 bits per heavy atom. The third-order valence-corrected chi connectivity index (χ3v) is 6.46. The van der Waals surface area contributed by atoms with Gasteiger partial charge in [0.15, 0.2) is 0 Å². The summed E-state index contributed by atoms with van der Waals surface area (Å²) in [6.45, 7) is 0.917. The lowest BCUT2D eigenvalue weighted by atomic mass is 9.86. The van der Waals surface area contributed by atoms with Gasteiger partial charge in [0.1, 0.15) is 0 Å². The quantitative estimate of drug-likeness (QED) is 0.625. The highest BCUT2D eigenvalue weighted by atomic mass is 32.2. The molecule has 0 aromatic heterocycles. The summed E-state index contributed by atoms with van der Waals surface area (Å²) < 4.78 is 26.8. The first-order chi connectivity index (χ1) is 10.4. The highest BCUT2D eigenvalue weighted by Crippen LogP contribution is 2.34. The van der Waals surface area contributed by atoms with Crippen molar-refractivity contribution < 1.29 is 18.3 Å². The van der Waals surface area contributed by atoms with Crippen molar-refractivity contribution in [2.75, 3.05) is 18.8 Å². The molecule has 0 aliphatic heterocycles. The molecule has 7 heteroatoms. The molecular weight excluding hydrogens is 304 g/mol. The third kappa shape index (κ3) is 4.93. The molecule has 126 valence electrons. The number of hydrogen-bond acceptors (Lipinski definition) is 4. The standard InChI is InChI=1S/C15H26N2O4S/c18-15(19)10-17(9-12-3-4-12)14-7-13(8-14)16-22(20,21)6-5-11-1-2-11/h11-14,16H,1-10H2,(H,18,19).